The van der Waals surface area contributed by atoms with Gasteiger partial charge in [0.2, 0.25) is 0 Å². The zero-order chi connectivity index (χ0) is 15.6. The highest BCUT2D eigenvalue weighted by Gasteiger charge is 2.20. The molecule has 0 spiro atoms. The second-order valence-electron chi connectivity index (χ2n) is 4.33. The summed E-state index contributed by atoms with van der Waals surface area (Å²) in [4.78, 5) is -0.295. The fraction of sp³-hybridized carbons (Fsp3) is 0.0714. The minimum absolute atomic E-state index is 0.147. The Hall–Kier alpha value is -2.46. The van der Waals surface area contributed by atoms with Crippen molar-refractivity contribution in [3.05, 3.63) is 59.2 Å². The van der Waals surface area contributed by atoms with E-state index in [0.717, 1.165) is 18.2 Å². The van der Waals surface area contributed by atoms with E-state index in [9.17, 15) is 17.2 Å². The molecule has 0 radical (unpaired) electrons. The molecule has 0 aliphatic carbocycles. The van der Waals surface area contributed by atoms with Crippen molar-refractivity contribution in [2.45, 2.75) is 10.6 Å². The Morgan fingerprint density at radius 3 is 2.52 bits per heavy atom. The molecule has 2 rings (SSSR count). The Morgan fingerprint density at radius 1 is 1.19 bits per heavy atom. The molecule has 0 amide bonds. The number of rotatable bonds is 3. The van der Waals surface area contributed by atoms with Gasteiger partial charge in [-0.05, 0) is 24.3 Å². The van der Waals surface area contributed by atoms with Crippen molar-refractivity contribution in [2.75, 3.05) is 5.73 Å². The van der Waals surface area contributed by atoms with Crippen molar-refractivity contribution in [3.8, 4) is 6.07 Å². The smallest absolute Gasteiger partial charge is 0.182 e. The lowest BCUT2D eigenvalue weighted by Gasteiger charge is -2.07. The Balaban J connectivity index is 2.43. The average molecular weight is 308 g/mol. The Bertz CT molecular complexity index is 843. The summed E-state index contributed by atoms with van der Waals surface area (Å²) in [5.41, 5.74) is 4.72. The number of nitriles is 1. The summed E-state index contributed by atoms with van der Waals surface area (Å²) >= 11 is 0. The summed E-state index contributed by atoms with van der Waals surface area (Å²) in [6, 6.07) is 8.60. The maximum Gasteiger partial charge on any atom is 0.182 e. The van der Waals surface area contributed by atoms with E-state index in [1.807, 2.05) is 0 Å². The third kappa shape index (κ3) is 3.01. The number of nitrogens with zero attached hydrogens (tertiary/aromatic N) is 1. The van der Waals surface area contributed by atoms with Crippen LogP contribution in [-0.2, 0) is 15.6 Å². The van der Waals surface area contributed by atoms with Gasteiger partial charge in [0.05, 0.1) is 21.9 Å². The van der Waals surface area contributed by atoms with Crippen LogP contribution in [-0.4, -0.2) is 8.42 Å². The molecule has 0 atom stereocenters. The molecule has 0 heterocycles. The summed E-state index contributed by atoms with van der Waals surface area (Å²) in [6.07, 6.45) is 0. The van der Waals surface area contributed by atoms with Crippen LogP contribution in [0.25, 0.3) is 0 Å². The van der Waals surface area contributed by atoms with Crippen LogP contribution in [0.15, 0.2) is 41.3 Å². The average Bonchev–Trinajstić information content (AvgIpc) is 2.44. The number of benzene rings is 2. The molecular weight excluding hydrogens is 298 g/mol. The molecule has 0 fully saturated rings. The predicted molar refractivity (Wildman–Crippen MR) is 72.8 cm³/mol. The number of hydrogen-bond acceptors (Lipinski definition) is 4. The summed E-state index contributed by atoms with van der Waals surface area (Å²) < 4.78 is 51.5. The molecule has 7 heteroatoms. The highest BCUT2D eigenvalue weighted by molar-refractivity contribution is 7.90. The van der Waals surface area contributed by atoms with Crippen molar-refractivity contribution >= 4 is 15.5 Å². The molecule has 0 aliphatic rings. The molecular formula is C14H10F2N2O2S. The van der Waals surface area contributed by atoms with Gasteiger partial charge in [-0.1, -0.05) is 12.1 Å². The molecule has 0 unspecified atom stereocenters. The number of halogens is 2. The summed E-state index contributed by atoms with van der Waals surface area (Å²) in [7, 11) is -3.95. The zero-order valence-corrected chi connectivity index (χ0v) is 11.5. The molecule has 0 saturated carbocycles. The van der Waals surface area contributed by atoms with Crippen molar-refractivity contribution in [3.63, 3.8) is 0 Å². The fourth-order valence-electron chi connectivity index (χ4n) is 1.77. The van der Waals surface area contributed by atoms with E-state index in [4.69, 9.17) is 11.0 Å². The summed E-state index contributed by atoms with van der Waals surface area (Å²) in [5, 5.41) is 8.72. The van der Waals surface area contributed by atoms with Crippen LogP contribution in [0.1, 0.15) is 11.1 Å². The van der Waals surface area contributed by atoms with E-state index in [1.54, 1.807) is 6.07 Å². The molecule has 4 nitrogen and oxygen atoms in total. The first-order chi connectivity index (χ1) is 9.85. The largest absolute Gasteiger partial charge is 0.396 e. The molecule has 0 aliphatic heterocycles. The monoisotopic (exact) mass is 308 g/mol. The maximum absolute atomic E-state index is 13.9. The van der Waals surface area contributed by atoms with Gasteiger partial charge in [-0.2, -0.15) is 5.26 Å². The van der Waals surface area contributed by atoms with Gasteiger partial charge in [0.25, 0.3) is 0 Å². The second kappa shape index (κ2) is 5.50. The minimum atomic E-state index is -3.95. The third-order valence-corrected chi connectivity index (χ3v) is 4.54. The van der Waals surface area contributed by atoms with Crippen molar-refractivity contribution in [2.24, 2.45) is 0 Å². The maximum atomic E-state index is 13.9. The lowest BCUT2D eigenvalue weighted by molar-refractivity contribution is 0.583. The SMILES string of the molecule is N#Cc1cccc(CS(=O)(=O)c2ccc(N)c(F)c2)c1F. The van der Waals surface area contributed by atoms with Gasteiger partial charge >= 0.3 is 0 Å². The number of anilines is 1. The number of sulfone groups is 1. The Morgan fingerprint density at radius 2 is 1.90 bits per heavy atom. The van der Waals surface area contributed by atoms with Gasteiger partial charge in [-0.25, -0.2) is 17.2 Å². The van der Waals surface area contributed by atoms with E-state index in [1.165, 1.54) is 18.2 Å². The Labute approximate surface area is 120 Å². The number of hydrogen-bond donors (Lipinski definition) is 1. The van der Waals surface area contributed by atoms with Gasteiger partial charge in [0, 0.05) is 5.56 Å². The quantitative estimate of drug-likeness (QED) is 0.882. The molecule has 2 aromatic rings. The summed E-state index contributed by atoms with van der Waals surface area (Å²) in [6.45, 7) is 0. The van der Waals surface area contributed by atoms with Gasteiger partial charge in [-0.15, -0.1) is 0 Å². The molecule has 0 aromatic heterocycles. The third-order valence-electron chi connectivity index (χ3n) is 2.88. The van der Waals surface area contributed by atoms with Crippen LogP contribution < -0.4 is 5.73 Å². The highest BCUT2D eigenvalue weighted by atomic mass is 32.2. The summed E-state index contributed by atoms with van der Waals surface area (Å²) in [5.74, 6) is -2.42. The van der Waals surface area contributed by atoms with E-state index >= 15 is 0 Å². The van der Waals surface area contributed by atoms with Gasteiger partial charge in [0.15, 0.2) is 9.84 Å². The van der Waals surface area contributed by atoms with Crippen LogP contribution in [0.2, 0.25) is 0 Å². The number of nitrogens with two attached hydrogens (primary N) is 1. The molecule has 21 heavy (non-hydrogen) atoms. The van der Waals surface area contributed by atoms with Crippen LogP contribution in [0.4, 0.5) is 14.5 Å². The van der Waals surface area contributed by atoms with Crippen LogP contribution in [0, 0.1) is 23.0 Å². The van der Waals surface area contributed by atoms with Crippen LogP contribution in [0.5, 0.6) is 0 Å². The van der Waals surface area contributed by atoms with E-state index in [0.29, 0.717) is 0 Å². The van der Waals surface area contributed by atoms with Gasteiger partial charge < -0.3 is 5.73 Å². The fourth-order valence-corrected chi connectivity index (χ4v) is 3.12. The van der Waals surface area contributed by atoms with Crippen LogP contribution in [0.3, 0.4) is 0 Å². The second-order valence-corrected chi connectivity index (χ2v) is 6.32. The molecule has 2 N–H and O–H groups in total. The minimum Gasteiger partial charge on any atom is -0.396 e. The Kier molecular flexibility index (Phi) is 3.91. The van der Waals surface area contributed by atoms with Crippen molar-refractivity contribution in [1.29, 1.82) is 5.26 Å². The van der Waals surface area contributed by atoms with Crippen LogP contribution >= 0.6 is 0 Å². The van der Waals surface area contributed by atoms with Gasteiger partial charge in [-0.3, -0.25) is 0 Å². The van der Waals surface area contributed by atoms with E-state index < -0.39 is 27.2 Å². The normalized spacial score (nSPS) is 11.1. The first kappa shape index (κ1) is 14.9. The molecule has 0 bridgehead atoms. The number of nitrogen functional groups attached to an aromatic ring is 1. The molecule has 108 valence electrons. The van der Waals surface area contributed by atoms with Crippen molar-refractivity contribution in [1.82, 2.24) is 0 Å². The highest BCUT2D eigenvalue weighted by Crippen LogP contribution is 2.22. The molecule has 2 aromatic carbocycles. The topological polar surface area (TPSA) is 84.0 Å². The van der Waals surface area contributed by atoms with E-state index in [-0.39, 0.29) is 21.7 Å². The first-order valence-corrected chi connectivity index (χ1v) is 7.45. The standard InChI is InChI=1S/C14H10F2N2O2S/c15-12-6-11(4-5-13(12)18)21(19,20)8-10-3-1-2-9(7-17)14(10)16/h1-6H,8,18H2. The molecule has 0 saturated heterocycles. The van der Waals surface area contributed by atoms with Gasteiger partial charge in [0.1, 0.15) is 17.7 Å². The lowest BCUT2D eigenvalue weighted by Crippen LogP contribution is -2.08. The predicted octanol–water partition coefficient (Wildman–Crippen LogP) is 2.39. The van der Waals surface area contributed by atoms with E-state index in [2.05, 4.69) is 0 Å². The lowest BCUT2D eigenvalue weighted by atomic mass is 10.1. The zero-order valence-electron chi connectivity index (χ0n) is 10.7. The first-order valence-electron chi connectivity index (χ1n) is 5.80. The van der Waals surface area contributed by atoms with Crippen molar-refractivity contribution < 1.29 is 17.2 Å².